The Labute approximate surface area is 230 Å². The number of pyridine rings is 1. The first kappa shape index (κ1) is 26.4. The number of piperazine rings is 1. The second-order valence-electron chi connectivity index (χ2n) is 11.5. The molecular formula is C28H32F2N6O4. The van der Waals surface area contributed by atoms with E-state index in [2.05, 4.69) is 20.2 Å². The standard InChI is InChI=1S/C28H32F2N6O4/c1-28(2,3)40-27(37)36-12-17-10-18(36)11-35(17)22-7-5-20-25(34-22)26(32-15-31-20)33-19-4-6-21(24(30)23(19)29)39-14-16-8-9-38-13-16/h4-7,15-18H,8-14H2,1-3H3,(H,31,32,33)/t16-,17+,18+/m1/s1. The van der Waals surface area contributed by atoms with Crippen molar-refractivity contribution in [3.05, 3.63) is 42.2 Å². The van der Waals surface area contributed by atoms with Gasteiger partial charge in [-0.1, -0.05) is 0 Å². The summed E-state index contributed by atoms with van der Waals surface area (Å²) >= 11 is 0. The number of hydrogen-bond donors (Lipinski definition) is 1. The number of amides is 1. The van der Waals surface area contributed by atoms with E-state index in [1.54, 1.807) is 4.90 Å². The average molecular weight is 555 g/mol. The predicted octanol–water partition coefficient (Wildman–Crippen LogP) is 4.66. The van der Waals surface area contributed by atoms with Crippen LogP contribution in [0.5, 0.6) is 5.75 Å². The van der Waals surface area contributed by atoms with Crippen molar-refractivity contribution in [3.8, 4) is 5.75 Å². The van der Waals surface area contributed by atoms with Crippen LogP contribution in [0, 0.1) is 17.6 Å². The second-order valence-corrected chi connectivity index (χ2v) is 11.5. The number of carbonyl (C=O) groups excluding carboxylic acids is 1. The van der Waals surface area contributed by atoms with E-state index in [1.165, 1.54) is 18.5 Å². The summed E-state index contributed by atoms with van der Waals surface area (Å²) in [5.74, 6) is -1.16. The van der Waals surface area contributed by atoms with Gasteiger partial charge in [-0.2, -0.15) is 4.39 Å². The van der Waals surface area contributed by atoms with E-state index < -0.39 is 17.2 Å². The van der Waals surface area contributed by atoms with E-state index in [0.29, 0.717) is 43.2 Å². The van der Waals surface area contributed by atoms with Gasteiger partial charge in [0.25, 0.3) is 0 Å². The lowest BCUT2D eigenvalue weighted by atomic mass is 10.1. The van der Waals surface area contributed by atoms with Crippen LogP contribution in [0.3, 0.4) is 0 Å². The highest BCUT2D eigenvalue weighted by Gasteiger charge is 2.47. The Morgan fingerprint density at radius 3 is 2.70 bits per heavy atom. The molecule has 12 heteroatoms. The summed E-state index contributed by atoms with van der Waals surface area (Å²) in [6.07, 6.45) is 2.70. The van der Waals surface area contributed by atoms with E-state index in [-0.39, 0.29) is 48.0 Å². The highest BCUT2D eigenvalue weighted by atomic mass is 19.2. The molecule has 2 aromatic heterocycles. The van der Waals surface area contributed by atoms with E-state index in [9.17, 15) is 9.18 Å². The van der Waals surface area contributed by atoms with Crippen LogP contribution >= 0.6 is 0 Å². The second kappa shape index (κ2) is 10.3. The zero-order valence-corrected chi connectivity index (χ0v) is 22.7. The number of halogens is 2. The molecule has 5 heterocycles. The van der Waals surface area contributed by atoms with Crippen LogP contribution in [0.25, 0.3) is 11.0 Å². The predicted molar refractivity (Wildman–Crippen MR) is 144 cm³/mol. The first-order valence-corrected chi connectivity index (χ1v) is 13.5. The summed E-state index contributed by atoms with van der Waals surface area (Å²) in [4.78, 5) is 29.9. The maximum atomic E-state index is 15.0. The van der Waals surface area contributed by atoms with Gasteiger partial charge in [0, 0.05) is 25.6 Å². The van der Waals surface area contributed by atoms with Crippen molar-refractivity contribution in [3.63, 3.8) is 0 Å². The first-order chi connectivity index (χ1) is 19.2. The van der Waals surface area contributed by atoms with Crippen molar-refractivity contribution in [1.29, 1.82) is 0 Å². The number of nitrogens with zero attached hydrogens (tertiary/aromatic N) is 5. The summed E-state index contributed by atoms with van der Waals surface area (Å²) in [5, 5.41) is 2.88. The van der Waals surface area contributed by atoms with Gasteiger partial charge in [-0.05, 0) is 57.9 Å². The zero-order valence-electron chi connectivity index (χ0n) is 22.7. The van der Waals surface area contributed by atoms with Crippen molar-refractivity contribution < 1.29 is 27.8 Å². The number of rotatable bonds is 6. The minimum atomic E-state index is -1.07. The topological polar surface area (TPSA) is 102 Å². The van der Waals surface area contributed by atoms with Crippen LogP contribution in [0.2, 0.25) is 0 Å². The van der Waals surface area contributed by atoms with Crippen LogP contribution in [0.1, 0.15) is 33.6 Å². The molecule has 0 spiro atoms. The number of benzene rings is 1. The van der Waals surface area contributed by atoms with Crippen molar-refractivity contribution in [2.75, 3.05) is 43.1 Å². The van der Waals surface area contributed by atoms with E-state index in [4.69, 9.17) is 19.2 Å². The van der Waals surface area contributed by atoms with Crippen LogP contribution < -0.4 is 15.0 Å². The van der Waals surface area contributed by atoms with Gasteiger partial charge in [0.2, 0.25) is 5.82 Å². The fourth-order valence-corrected chi connectivity index (χ4v) is 5.46. The minimum absolute atomic E-state index is 0.0287. The molecule has 1 N–H and O–H groups in total. The van der Waals surface area contributed by atoms with Crippen LogP contribution in [-0.4, -0.2) is 76.5 Å². The van der Waals surface area contributed by atoms with Crippen LogP contribution in [0.15, 0.2) is 30.6 Å². The quantitative estimate of drug-likeness (QED) is 0.466. The number of anilines is 3. The molecule has 0 unspecified atom stereocenters. The molecule has 1 amide bonds. The SMILES string of the molecule is CC(C)(C)OC(=O)N1C[C@@H]2C[C@H]1CN2c1ccc2ncnc(Nc3ccc(OC[C@@H]4CCOC4)c(F)c3F)c2n1. The smallest absolute Gasteiger partial charge is 0.410 e. The minimum Gasteiger partial charge on any atom is -0.490 e. The molecular weight excluding hydrogens is 522 g/mol. The van der Waals surface area contributed by atoms with Gasteiger partial charge in [-0.25, -0.2) is 24.1 Å². The number of aromatic nitrogens is 3. The van der Waals surface area contributed by atoms with Crippen molar-refractivity contribution in [1.82, 2.24) is 19.9 Å². The third-order valence-corrected chi connectivity index (χ3v) is 7.43. The maximum absolute atomic E-state index is 15.0. The molecule has 3 atom stereocenters. The Morgan fingerprint density at radius 1 is 1.12 bits per heavy atom. The Hall–Kier alpha value is -3.80. The summed E-state index contributed by atoms with van der Waals surface area (Å²) in [5.41, 5.74) is 0.339. The largest absolute Gasteiger partial charge is 0.490 e. The molecule has 0 saturated carbocycles. The molecule has 6 rings (SSSR count). The molecule has 3 saturated heterocycles. The summed E-state index contributed by atoms with van der Waals surface area (Å²) in [6.45, 7) is 8.20. The number of carbonyl (C=O) groups is 1. The third-order valence-electron chi connectivity index (χ3n) is 7.43. The Morgan fingerprint density at radius 2 is 1.98 bits per heavy atom. The third kappa shape index (κ3) is 5.19. The van der Waals surface area contributed by atoms with Crippen molar-refractivity contribution in [2.45, 2.75) is 51.3 Å². The van der Waals surface area contributed by atoms with Gasteiger partial charge in [0.15, 0.2) is 17.4 Å². The van der Waals surface area contributed by atoms with Crippen molar-refractivity contribution in [2.24, 2.45) is 5.92 Å². The van der Waals surface area contributed by atoms with Gasteiger partial charge in [-0.15, -0.1) is 0 Å². The molecule has 10 nitrogen and oxygen atoms in total. The molecule has 3 aliphatic rings. The average Bonchev–Trinajstić information content (AvgIpc) is 3.68. The Balaban J connectivity index is 1.19. The summed E-state index contributed by atoms with van der Waals surface area (Å²) < 4.78 is 46.2. The van der Waals surface area contributed by atoms with E-state index in [1.807, 2.05) is 32.9 Å². The van der Waals surface area contributed by atoms with Gasteiger partial charge in [0.05, 0.1) is 36.5 Å². The summed E-state index contributed by atoms with van der Waals surface area (Å²) in [6, 6.07) is 6.64. The molecule has 1 aromatic carbocycles. The van der Waals surface area contributed by atoms with Gasteiger partial charge in [-0.3, -0.25) is 0 Å². The van der Waals surface area contributed by atoms with Gasteiger partial charge in [0.1, 0.15) is 23.3 Å². The lowest BCUT2D eigenvalue weighted by Gasteiger charge is -2.35. The fourth-order valence-electron chi connectivity index (χ4n) is 5.46. The Kier molecular flexibility index (Phi) is 6.81. The number of likely N-dealkylation sites (tertiary alicyclic amines) is 1. The van der Waals surface area contributed by atoms with E-state index in [0.717, 1.165) is 12.8 Å². The van der Waals surface area contributed by atoms with Gasteiger partial charge >= 0.3 is 6.09 Å². The number of ether oxygens (including phenoxy) is 3. The number of fused-ring (bicyclic) bond motifs is 3. The number of hydrogen-bond acceptors (Lipinski definition) is 9. The zero-order chi connectivity index (χ0) is 28.0. The monoisotopic (exact) mass is 554 g/mol. The molecule has 0 radical (unpaired) electrons. The van der Waals surface area contributed by atoms with Crippen LogP contribution in [0.4, 0.5) is 30.9 Å². The normalized spacial score (nSPS) is 22.3. The molecule has 3 aliphatic heterocycles. The maximum Gasteiger partial charge on any atom is 0.410 e. The van der Waals surface area contributed by atoms with Crippen molar-refractivity contribution >= 4 is 34.4 Å². The van der Waals surface area contributed by atoms with Crippen LogP contribution in [-0.2, 0) is 9.47 Å². The highest BCUT2D eigenvalue weighted by Crippen LogP contribution is 2.36. The highest BCUT2D eigenvalue weighted by molar-refractivity contribution is 5.88. The molecule has 40 heavy (non-hydrogen) atoms. The number of nitrogens with one attached hydrogen (secondary N) is 1. The molecule has 3 fully saturated rings. The van der Waals surface area contributed by atoms with Gasteiger partial charge < -0.3 is 29.3 Å². The van der Waals surface area contributed by atoms with E-state index >= 15 is 4.39 Å². The lowest BCUT2D eigenvalue weighted by Crippen LogP contribution is -2.50. The Bertz CT molecular complexity index is 1430. The fraction of sp³-hybridized carbons (Fsp3) is 0.500. The molecule has 2 bridgehead atoms. The molecule has 3 aromatic rings. The molecule has 212 valence electrons. The summed E-state index contributed by atoms with van der Waals surface area (Å²) in [7, 11) is 0. The lowest BCUT2D eigenvalue weighted by molar-refractivity contribution is 0.0214. The first-order valence-electron chi connectivity index (χ1n) is 13.5. The molecule has 0 aliphatic carbocycles.